The fourth-order valence-electron chi connectivity index (χ4n) is 2.68. The van der Waals surface area contributed by atoms with Gasteiger partial charge in [-0.3, -0.25) is 4.98 Å². The van der Waals surface area contributed by atoms with E-state index in [0.29, 0.717) is 5.69 Å². The van der Waals surface area contributed by atoms with E-state index in [2.05, 4.69) is 21.4 Å². The van der Waals surface area contributed by atoms with Crippen molar-refractivity contribution in [3.8, 4) is 23.0 Å². The molecule has 0 atom stereocenters. The Bertz CT molecular complexity index is 1020. The van der Waals surface area contributed by atoms with E-state index in [9.17, 15) is 5.26 Å². The van der Waals surface area contributed by atoms with Crippen LogP contribution in [0.25, 0.3) is 27.7 Å². The molecule has 108 valence electrons. The Morgan fingerprint density at radius 3 is 2.65 bits per heavy atom. The molecule has 0 aliphatic rings. The maximum atomic E-state index is 9.37. The maximum absolute atomic E-state index is 9.37. The van der Waals surface area contributed by atoms with Crippen LogP contribution in [0.15, 0.2) is 67.0 Å². The number of fused-ring (bicyclic) bond motifs is 1. The number of hydrogen-bond donors (Lipinski definition) is 0. The Morgan fingerprint density at radius 2 is 1.83 bits per heavy atom. The fourth-order valence-corrected chi connectivity index (χ4v) is 2.68. The minimum atomic E-state index is 0.283. The van der Waals surface area contributed by atoms with Crippen molar-refractivity contribution in [1.29, 1.82) is 5.26 Å². The summed E-state index contributed by atoms with van der Waals surface area (Å²) in [7, 11) is 0. The van der Waals surface area contributed by atoms with E-state index < -0.39 is 0 Å². The Labute approximate surface area is 132 Å². The summed E-state index contributed by atoms with van der Waals surface area (Å²) in [5.41, 5.74) is 2.63. The summed E-state index contributed by atoms with van der Waals surface area (Å²) in [6.45, 7) is 0. The van der Waals surface area contributed by atoms with Crippen molar-refractivity contribution in [3.05, 3.63) is 72.7 Å². The highest BCUT2D eigenvalue weighted by Crippen LogP contribution is 2.28. The third kappa shape index (κ3) is 2.14. The lowest BCUT2D eigenvalue weighted by molar-refractivity contribution is 0.811. The maximum Gasteiger partial charge on any atom is 0.191 e. The highest BCUT2D eigenvalue weighted by atomic mass is 15.4. The molecule has 0 aliphatic heterocycles. The second kappa shape index (κ2) is 5.35. The van der Waals surface area contributed by atoms with E-state index in [1.807, 2.05) is 54.6 Å². The first-order valence-corrected chi connectivity index (χ1v) is 7.13. The molecule has 4 rings (SSSR count). The molecule has 23 heavy (non-hydrogen) atoms. The van der Waals surface area contributed by atoms with Crippen LogP contribution < -0.4 is 0 Å². The molecule has 0 unspecified atom stereocenters. The smallest absolute Gasteiger partial charge is 0.191 e. The number of aromatic nitrogens is 4. The lowest BCUT2D eigenvalue weighted by Crippen LogP contribution is -2.01. The van der Waals surface area contributed by atoms with Gasteiger partial charge in [-0.05, 0) is 23.6 Å². The molecule has 0 spiro atoms. The first kappa shape index (κ1) is 13.2. The van der Waals surface area contributed by atoms with Gasteiger partial charge in [-0.2, -0.15) is 5.26 Å². The van der Waals surface area contributed by atoms with E-state index in [1.165, 1.54) is 0 Å². The molecule has 0 bridgehead atoms. The first-order chi connectivity index (χ1) is 11.4. The Balaban J connectivity index is 2.04. The van der Waals surface area contributed by atoms with Crippen LogP contribution in [0.1, 0.15) is 5.69 Å². The zero-order valence-corrected chi connectivity index (χ0v) is 12.1. The molecule has 0 saturated carbocycles. The molecule has 2 heterocycles. The van der Waals surface area contributed by atoms with Crippen molar-refractivity contribution in [2.45, 2.75) is 0 Å². The quantitative estimate of drug-likeness (QED) is 0.569. The normalized spacial score (nSPS) is 10.6. The number of benzene rings is 2. The van der Waals surface area contributed by atoms with E-state index in [-0.39, 0.29) is 5.69 Å². The van der Waals surface area contributed by atoms with Crippen molar-refractivity contribution in [2.75, 3.05) is 0 Å². The van der Waals surface area contributed by atoms with Gasteiger partial charge in [0.1, 0.15) is 11.8 Å². The highest BCUT2D eigenvalue weighted by molar-refractivity contribution is 5.90. The zero-order valence-electron chi connectivity index (χ0n) is 12.1. The highest BCUT2D eigenvalue weighted by Gasteiger charge is 2.17. The second-order valence-electron chi connectivity index (χ2n) is 5.05. The molecule has 0 saturated heterocycles. The van der Waals surface area contributed by atoms with Crippen molar-refractivity contribution >= 4 is 10.8 Å². The van der Waals surface area contributed by atoms with Gasteiger partial charge in [0.15, 0.2) is 5.69 Å². The molecule has 0 amide bonds. The van der Waals surface area contributed by atoms with Crippen LogP contribution in [0.3, 0.4) is 0 Å². The second-order valence-corrected chi connectivity index (χ2v) is 5.05. The molecule has 2 aromatic carbocycles. The number of pyridine rings is 1. The van der Waals surface area contributed by atoms with Gasteiger partial charge in [-0.1, -0.05) is 41.6 Å². The topological polar surface area (TPSA) is 67.4 Å². The van der Waals surface area contributed by atoms with Gasteiger partial charge in [-0.25, -0.2) is 4.68 Å². The van der Waals surface area contributed by atoms with E-state index in [4.69, 9.17) is 0 Å². The molecule has 4 aromatic rings. The molecular weight excluding hydrogens is 286 g/mol. The molecule has 0 fully saturated rings. The van der Waals surface area contributed by atoms with E-state index >= 15 is 0 Å². The van der Waals surface area contributed by atoms with Gasteiger partial charge < -0.3 is 0 Å². The number of nitrogens with zero attached hydrogens (tertiary/aromatic N) is 5. The lowest BCUT2D eigenvalue weighted by Gasteiger charge is -2.09. The number of rotatable bonds is 2. The van der Waals surface area contributed by atoms with Gasteiger partial charge in [0.2, 0.25) is 0 Å². The average molecular weight is 297 g/mol. The lowest BCUT2D eigenvalue weighted by atomic mass is 10.1. The number of hydrogen-bond acceptors (Lipinski definition) is 4. The van der Waals surface area contributed by atoms with Crippen LogP contribution in [-0.4, -0.2) is 20.0 Å². The average Bonchev–Trinajstić information content (AvgIpc) is 3.06. The summed E-state index contributed by atoms with van der Waals surface area (Å²) in [6.07, 6.45) is 3.41. The minimum absolute atomic E-state index is 0.283. The summed E-state index contributed by atoms with van der Waals surface area (Å²) in [6, 6.07) is 19.9. The zero-order chi connectivity index (χ0) is 15.6. The van der Waals surface area contributed by atoms with Crippen LogP contribution in [0.5, 0.6) is 0 Å². The van der Waals surface area contributed by atoms with Gasteiger partial charge in [0.05, 0.1) is 5.69 Å². The van der Waals surface area contributed by atoms with Gasteiger partial charge in [0, 0.05) is 23.3 Å². The Morgan fingerprint density at radius 1 is 0.957 bits per heavy atom. The molecule has 0 radical (unpaired) electrons. The predicted octanol–water partition coefficient (Wildman–Crippen LogP) is 3.35. The number of nitriles is 1. The largest absolute Gasteiger partial charge is 0.264 e. The third-order valence-corrected chi connectivity index (χ3v) is 3.71. The minimum Gasteiger partial charge on any atom is -0.264 e. The molecule has 2 aromatic heterocycles. The molecular formula is C18H11N5. The standard InChI is InChI=1S/C18H11N5/c19-11-16-18(14-7-4-10-20-12-14)23(22-21-16)17-9-3-6-13-5-1-2-8-15(13)17/h1-10,12H. The molecule has 0 N–H and O–H groups in total. The van der Waals surface area contributed by atoms with E-state index in [0.717, 1.165) is 22.0 Å². The summed E-state index contributed by atoms with van der Waals surface area (Å²) >= 11 is 0. The van der Waals surface area contributed by atoms with Crippen molar-refractivity contribution in [1.82, 2.24) is 20.0 Å². The van der Waals surface area contributed by atoms with Crippen LogP contribution >= 0.6 is 0 Å². The summed E-state index contributed by atoms with van der Waals surface area (Å²) in [4.78, 5) is 4.13. The van der Waals surface area contributed by atoms with Crippen molar-refractivity contribution in [3.63, 3.8) is 0 Å². The molecule has 5 heteroatoms. The van der Waals surface area contributed by atoms with Crippen LogP contribution in [-0.2, 0) is 0 Å². The van der Waals surface area contributed by atoms with Crippen LogP contribution in [0.4, 0.5) is 0 Å². The van der Waals surface area contributed by atoms with Crippen molar-refractivity contribution < 1.29 is 0 Å². The summed E-state index contributed by atoms with van der Waals surface area (Å²) < 4.78 is 1.71. The monoisotopic (exact) mass is 297 g/mol. The SMILES string of the molecule is N#Cc1nnn(-c2cccc3ccccc23)c1-c1cccnc1. The van der Waals surface area contributed by atoms with Crippen LogP contribution in [0, 0.1) is 11.3 Å². The summed E-state index contributed by atoms with van der Waals surface area (Å²) in [5.74, 6) is 0. The summed E-state index contributed by atoms with van der Waals surface area (Å²) in [5, 5.41) is 19.7. The molecule has 0 aliphatic carbocycles. The van der Waals surface area contributed by atoms with Crippen LogP contribution in [0.2, 0.25) is 0 Å². The van der Waals surface area contributed by atoms with Crippen molar-refractivity contribution in [2.24, 2.45) is 0 Å². The molecule has 5 nitrogen and oxygen atoms in total. The first-order valence-electron chi connectivity index (χ1n) is 7.13. The predicted molar refractivity (Wildman–Crippen MR) is 86.8 cm³/mol. The third-order valence-electron chi connectivity index (χ3n) is 3.71. The van der Waals surface area contributed by atoms with E-state index in [1.54, 1.807) is 17.1 Å². The van der Waals surface area contributed by atoms with Gasteiger partial charge >= 0.3 is 0 Å². The Kier molecular flexibility index (Phi) is 3.06. The van der Waals surface area contributed by atoms with Gasteiger partial charge in [0.25, 0.3) is 0 Å². The fraction of sp³-hybridized carbons (Fsp3) is 0. The Hall–Kier alpha value is -3.52. The van der Waals surface area contributed by atoms with Gasteiger partial charge in [-0.15, -0.1) is 5.10 Å².